The van der Waals surface area contributed by atoms with Gasteiger partial charge in [0.05, 0.1) is 11.2 Å². The zero-order chi connectivity index (χ0) is 22.9. The maximum absolute atomic E-state index is 13.0. The van der Waals surface area contributed by atoms with Crippen LogP contribution in [0.5, 0.6) is 0 Å². The fourth-order valence-electron chi connectivity index (χ4n) is 2.96. The Balaban J connectivity index is 2.26. The van der Waals surface area contributed by atoms with Crippen LogP contribution >= 0.6 is 11.6 Å². The molecule has 2 amide bonds. The number of hydrogen-bond donors (Lipinski definition) is 1. The first-order chi connectivity index (χ1) is 13.7. The molecule has 2 rings (SSSR count). The average molecular weight is 433 g/mol. The second-order valence-corrected chi connectivity index (χ2v) is 10.3. The molecular weight excluding hydrogens is 400 g/mol. The lowest BCUT2D eigenvalue weighted by atomic mass is 9.92. The molecule has 1 N–H and O–H groups in total. The predicted octanol–water partition coefficient (Wildman–Crippen LogP) is 5.08. The Kier molecular flexibility index (Phi) is 7.02. The normalized spacial score (nSPS) is 12.2. The van der Waals surface area contributed by atoms with Crippen molar-refractivity contribution in [2.24, 2.45) is 0 Å². The Hall–Kier alpha value is -2.34. The number of nitrogens with one attached hydrogen (secondary N) is 1. The van der Waals surface area contributed by atoms with Crippen molar-refractivity contribution in [1.29, 1.82) is 0 Å². The third kappa shape index (κ3) is 5.85. The number of anilines is 1. The van der Waals surface area contributed by atoms with Crippen LogP contribution in [0, 0.1) is 0 Å². The van der Waals surface area contributed by atoms with Gasteiger partial charge in [0.2, 0.25) is 5.91 Å². The van der Waals surface area contributed by atoms with E-state index in [0.717, 1.165) is 5.69 Å². The standard InChI is InChI=1S/C23H33ClN4O2/c1-15(2)27(21(30)16-10-9-11-17(24)12-16)14-20(29)25-19-13-18(22(3,4)5)26-28(19)23(6,7)8/h9-13,15H,14H2,1-8H3,(H,25,29). The number of carbonyl (C=O) groups excluding carboxylic acids is 2. The van der Waals surface area contributed by atoms with E-state index in [4.69, 9.17) is 16.7 Å². The van der Waals surface area contributed by atoms with Crippen LogP contribution in [0.15, 0.2) is 30.3 Å². The largest absolute Gasteiger partial charge is 0.327 e. The van der Waals surface area contributed by atoms with Gasteiger partial charge in [-0.2, -0.15) is 5.10 Å². The molecule has 1 aromatic carbocycles. The van der Waals surface area contributed by atoms with Crippen LogP contribution in [-0.2, 0) is 15.7 Å². The van der Waals surface area contributed by atoms with Crippen LogP contribution in [0.1, 0.15) is 71.4 Å². The van der Waals surface area contributed by atoms with Gasteiger partial charge in [-0.25, -0.2) is 4.68 Å². The summed E-state index contributed by atoms with van der Waals surface area (Å²) < 4.78 is 1.82. The highest BCUT2D eigenvalue weighted by molar-refractivity contribution is 6.31. The first kappa shape index (κ1) is 23.9. The Morgan fingerprint density at radius 2 is 1.77 bits per heavy atom. The first-order valence-electron chi connectivity index (χ1n) is 10.2. The summed E-state index contributed by atoms with van der Waals surface area (Å²) in [6.07, 6.45) is 0. The summed E-state index contributed by atoms with van der Waals surface area (Å²) in [6, 6.07) is 8.50. The molecule has 0 spiro atoms. The molecule has 164 valence electrons. The molecule has 0 aliphatic rings. The molecule has 0 bridgehead atoms. The Morgan fingerprint density at radius 3 is 2.27 bits per heavy atom. The van der Waals surface area contributed by atoms with Crippen LogP contribution in [0.3, 0.4) is 0 Å². The average Bonchev–Trinajstić information content (AvgIpc) is 3.03. The minimum atomic E-state index is -0.305. The van der Waals surface area contributed by atoms with Gasteiger partial charge in [-0.1, -0.05) is 38.4 Å². The molecule has 0 atom stereocenters. The van der Waals surface area contributed by atoms with Crippen LogP contribution in [0.2, 0.25) is 5.02 Å². The highest BCUT2D eigenvalue weighted by atomic mass is 35.5. The van der Waals surface area contributed by atoms with Gasteiger partial charge in [0.1, 0.15) is 12.4 Å². The lowest BCUT2D eigenvalue weighted by Crippen LogP contribution is -2.42. The van der Waals surface area contributed by atoms with Gasteiger partial charge < -0.3 is 10.2 Å². The lowest BCUT2D eigenvalue weighted by Gasteiger charge is -2.27. The minimum absolute atomic E-state index is 0.0663. The van der Waals surface area contributed by atoms with E-state index in [2.05, 4.69) is 26.1 Å². The number of hydrogen-bond acceptors (Lipinski definition) is 3. The molecule has 0 fully saturated rings. The van der Waals surface area contributed by atoms with Crippen molar-refractivity contribution in [3.63, 3.8) is 0 Å². The number of rotatable bonds is 5. The number of nitrogens with zero attached hydrogens (tertiary/aromatic N) is 3. The molecule has 0 unspecified atom stereocenters. The van der Waals surface area contributed by atoms with Crippen molar-refractivity contribution < 1.29 is 9.59 Å². The summed E-state index contributed by atoms with van der Waals surface area (Å²) in [4.78, 5) is 27.4. The van der Waals surface area contributed by atoms with Crippen molar-refractivity contribution in [1.82, 2.24) is 14.7 Å². The van der Waals surface area contributed by atoms with Crippen LogP contribution in [0.25, 0.3) is 0 Å². The molecule has 0 saturated carbocycles. The Morgan fingerprint density at radius 1 is 1.13 bits per heavy atom. The number of carbonyl (C=O) groups is 2. The fraction of sp³-hybridized carbons (Fsp3) is 0.522. The molecule has 0 aliphatic carbocycles. The summed E-state index contributed by atoms with van der Waals surface area (Å²) in [6.45, 7) is 16.0. The zero-order valence-corrected chi connectivity index (χ0v) is 20.0. The topological polar surface area (TPSA) is 67.2 Å². The van der Waals surface area contributed by atoms with Crippen molar-refractivity contribution >= 4 is 29.2 Å². The molecule has 0 saturated heterocycles. The van der Waals surface area contributed by atoms with Crippen molar-refractivity contribution in [2.45, 2.75) is 72.4 Å². The Bertz CT molecular complexity index is 920. The summed E-state index contributed by atoms with van der Waals surface area (Å²) in [5.41, 5.74) is 0.894. The number of amides is 2. The van der Waals surface area contributed by atoms with Crippen LogP contribution in [0.4, 0.5) is 5.82 Å². The van der Waals surface area contributed by atoms with Crippen molar-refractivity contribution in [2.75, 3.05) is 11.9 Å². The fourth-order valence-corrected chi connectivity index (χ4v) is 3.15. The molecule has 0 radical (unpaired) electrons. The first-order valence-corrected chi connectivity index (χ1v) is 10.6. The number of benzene rings is 1. The van der Waals surface area contributed by atoms with E-state index in [0.29, 0.717) is 16.4 Å². The van der Waals surface area contributed by atoms with E-state index >= 15 is 0 Å². The third-order valence-corrected chi connectivity index (χ3v) is 4.89. The molecular formula is C23H33ClN4O2. The molecule has 1 heterocycles. The van der Waals surface area contributed by atoms with E-state index in [1.54, 1.807) is 24.3 Å². The smallest absolute Gasteiger partial charge is 0.254 e. The van der Waals surface area contributed by atoms with Crippen molar-refractivity contribution in [3.05, 3.63) is 46.6 Å². The predicted molar refractivity (Wildman–Crippen MR) is 122 cm³/mol. The Labute approximate surface area is 184 Å². The van der Waals surface area contributed by atoms with E-state index < -0.39 is 0 Å². The van der Waals surface area contributed by atoms with Gasteiger partial charge >= 0.3 is 0 Å². The molecule has 2 aromatic rings. The molecule has 6 nitrogen and oxygen atoms in total. The molecule has 7 heteroatoms. The van der Waals surface area contributed by atoms with Gasteiger partial charge in [-0.15, -0.1) is 0 Å². The monoisotopic (exact) mass is 432 g/mol. The van der Waals surface area contributed by atoms with E-state index in [1.165, 1.54) is 4.90 Å². The van der Waals surface area contributed by atoms with Gasteiger partial charge in [-0.05, 0) is 52.8 Å². The van der Waals surface area contributed by atoms with Gasteiger partial charge in [-0.3, -0.25) is 9.59 Å². The molecule has 0 aliphatic heterocycles. The number of halogens is 1. The maximum atomic E-state index is 13.0. The second-order valence-electron chi connectivity index (χ2n) is 9.83. The third-order valence-electron chi connectivity index (χ3n) is 4.65. The van der Waals surface area contributed by atoms with Gasteiger partial charge in [0.15, 0.2) is 0 Å². The summed E-state index contributed by atoms with van der Waals surface area (Å²) >= 11 is 6.03. The summed E-state index contributed by atoms with van der Waals surface area (Å²) in [7, 11) is 0. The summed E-state index contributed by atoms with van der Waals surface area (Å²) in [5.74, 6) is 0.114. The number of aromatic nitrogens is 2. The SMILES string of the molecule is CC(C)N(CC(=O)Nc1cc(C(C)(C)C)nn1C(C)(C)C)C(=O)c1cccc(Cl)c1. The van der Waals surface area contributed by atoms with Gasteiger partial charge in [0, 0.05) is 28.1 Å². The van der Waals surface area contributed by atoms with Crippen LogP contribution in [-0.4, -0.2) is 39.1 Å². The van der Waals surface area contributed by atoms with Gasteiger partial charge in [0.25, 0.3) is 5.91 Å². The second kappa shape index (κ2) is 8.80. The zero-order valence-electron chi connectivity index (χ0n) is 19.2. The highest BCUT2D eigenvalue weighted by Crippen LogP contribution is 2.28. The van der Waals surface area contributed by atoms with Crippen molar-refractivity contribution in [3.8, 4) is 0 Å². The van der Waals surface area contributed by atoms with E-state index in [-0.39, 0.29) is 35.4 Å². The van der Waals surface area contributed by atoms with E-state index in [1.807, 2.05) is 45.4 Å². The minimum Gasteiger partial charge on any atom is -0.327 e. The molecule has 30 heavy (non-hydrogen) atoms. The highest BCUT2D eigenvalue weighted by Gasteiger charge is 2.27. The van der Waals surface area contributed by atoms with Crippen LogP contribution < -0.4 is 5.32 Å². The molecule has 1 aromatic heterocycles. The maximum Gasteiger partial charge on any atom is 0.254 e. The van der Waals surface area contributed by atoms with E-state index in [9.17, 15) is 9.59 Å². The lowest BCUT2D eigenvalue weighted by molar-refractivity contribution is -0.117. The quantitative estimate of drug-likeness (QED) is 0.716. The summed E-state index contributed by atoms with van der Waals surface area (Å²) in [5, 5.41) is 8.16.